The molecule has 3 amide bonds. The number of nitrogens with one attached hydrogen (secondary N) is 2. The minimum absolute atomic E-state index is 0.0809. The summed E-state index contributed by atoms with van der Waals surface area (Å²) in [5, 5.41) is 16.1. The number of nitro groups is 1. The van der Waals surface area contributed by atoms with Gasteiger partial charge in [0.25, 0.3) is 11.6 Å². The Balaban J connectivity index is 2.76. The van der Waals surface area contributed by atoms with E-state index in [1.807, 2.05) is 20.8 Å². The van der Waals surface area contributed by atoms with E-state index < -0.39 is 28.3 Å². The molecule has 0 heterocycles. The van der Waals surface area contributed by atoms with Gasteiger partial charge in [0.1, 0.15) is 6.04 Å². The summed E-state index contributed by atoms with van der Waals surface area (Å²) < 4.78 is 0. The number of rotatable bonds is 7. The highest BCUT2D eigenvalue weighted by atomic mass is 16.6. The van der Waals surface area contributed by atoms with Crippen molar-refractivity contribution in [3.8, 4) is 0 Å². The first-order valence-electron chi connectivity index (χ1n) is 8.59. The zero-order chi connectivity index (χ0) is 20.8. The first kappa shape index (κ1) is 22.1. The van der Waals surface area contributed by atoms with Crippen LogP contribution in [0, 0.1) is 10.1 Å². The molecule has 9 nitrogen and oxygen atoms in total. The van der Waals surface area contributed by atoms with Crippen molar-refractivity contribution in [1.29, 1.82) is 0 Å². The van der Waals surface area contributed by atoms with E-state index in [0.29, 0.717) is 6.54 Å². The molecular weight excluding hydrogens is 352 g/mol. The summed E-state index contributed by atoms with van der Waals surface area (Å²) >= 11 is 0. The lowest BCUT2D eigenvalue weighted by Gasteiger charge is -2.27. The van der Waals surface area contributed by atoms with E-state index >= 15 is 0 Å². The molecule has 0 saturated carbocycles. The van der Waals surface area contributed by atoms with Gasteiger partial charge in [-0.2, -0.15) is 0 Å². The number of likely N-dealkylation sites (N-methyl/N-ethyl adjacent to an activating group) is 1. The fraction of sp³-hybridized carbons (Fsp3) is 0.500. The van der Waals surface area contributed by atoms with Crippen molar-refractivity contribution in [2.75, 3.05) is 13.1 Å². The molecule has 148 valence electrons. The Morgan fingerprint density at radius 2 is 1.89 bits per heavy atom. The first-order chi connectivity index (χ1) is 12.4. The van der Waals surface area contributed by atoms with Crippen LogP contribution in [0.5, 0.6) is 0 Å². The molecule has 0 aliphatic rings. The fourth-order valence-corrected chi connectivity index (χ4v) is 2.35. The zero-order valence-corrected chi connectivity index (χ0v) is 16.2. The number of nitro benzene ring substituents is 1. The van der Waals surface area contributed by atoms with Crippen LogP contribution in [0.15, 0.2) is 24.3 Å². The smallest absolute Gasteiger partial charge is 0.270 e. The predicted octanol–water partition coefficient (Wildman–Crippen LogP) is 1.48. The van der Waals surface area contributed by atoms with Gasteiger partial charge in [0.2, 0.25) is 11.8 Å². The van der Waals surface area contributed by atoms with Gasteiger partial charge in [-0.25, -0.2) is 0 Å². The van der Waals surface area contributed by atoms with Crippen molar-refractivity contribution < 1.29 is 19.3 Å². The van der Waals surface area contributed by atoms with Crippen molar-refractivity contribution in [2.45, 2.75) is 46.2 Å². The molecule has 0 radical (unpaired) electrons. The van der Waals surface area contributed by atoms with Crippen molar-refractivity contribution in [3.05, 3.63) is 39.9 Å². The molecule has 0 fully saturated rings. The lowest BCUT2D eigenvalue weighted by atomic mass is 10.1. The second-order valence-corrected chi connectivity index (χ2v) is 7.15. The van der Waals surface area contributed by atoms with Crippen molar-refractivity contribution in [1.82, 2.24) is 15.5 Å². The van der Waals surface area contributed by atoms with Gasteiger partial charge < -0.3 is 15.5 Å². The van der Waals surface area contributed by atoms with E-state index in [1.165, 1.54) is 30.0 Å². The highest BCUT2D eigenvalue weighted by Gasteiger charge is 2.25. The largest absolute Gasteiger partial charge is 0.350 e. The topological polar surface area (TPSA) is 122 Å². The summed E-state index contributed by atoms with van der Waals surface area (Å²) in [6.45, 7) is 8.93. The molecule has 1 unspecified atom stereocenters. The summed E-state index contributed by atoms with van der Waals surface area (Å²) in [4.78, 5) is 48.4. The van der Waals surface area contributed by atoms with Gasteiger partial charge >= 0.3 is 0 Å². The normalized spacial score (nSPS) is 12.0. The average molecular weight is 378 g/mol. The van der Waals surface area contributed by atoms with Crippen LogP contribution in [-0.4, -0.2) is 52.2 Å². The van der Waals surface area contributed by atoms with Crippen LogP contribution >= 0.6 is 0 Å². The molecule has 1 atom stereocenters. The summed E-state index contributed by atoms with van der Waals surface area (Å²) in [5.74, 6) is -1.31. The summed E-state index contributed by atoms with van der Waals surface area (Å²) in [7, 11) is 0. The summed E-state index contributed by atoms with van der Waals surface area (Å²) in [5.41, 5.74) is -0.547. The number of benzene rings is 1. The predicted molar refractivity (Wildman–Crippen MR) is 100 cm³/mol. The lowest BCUT2D eigenvalue weighted by molar-refractivity contribution is -0.384. The number of nitrogens with zero attached hydrogens (tertiary/aromatic N) is 2. The first-order valence-corrected chi connectivity index (χ1v) is 8.59. The molecule has 0 aliphatic heterocycles. The summed E-state index contributed by atoms with van der Waals surface area (Å²) in [6, 6.07) is 4.35. The number of amides is 3. The van der Waals surface area contributed by atoms with Gasteiger partial charge in [-0.1, -0.05) is 6.07 Å². The van der Waals surface area contributed by atoms with Crippen molar-refractivity contribution in [3.63, 3.8) is 0 Å². The van der Waals surface area contributed by atoms with Crippen LogP contribution in [0.2, 0.25) is 0 Å². The molecule has 0 spiro atoms. The number of carbonyl (C=O) groups excluding carboxylic acids is 3. The fourth-order valence-electron chi connectivity index (χ4n) is 2.35. The molecule has 9 heteroatoms. The van der Waals surface area contributed by atoms with E-state index in [-0.39, 0.29) is 23.7 Å². The number of hydrogen-bond donors (Lipinski definition) is 2. The molecule has 2 N–H and O–H groups in total. The van der Waals surface area contributed by atoms with E-state index in [2.05, 4.69) is 10.6 Å². The van der Waals surface area contributed by atoms with E-state index in [1.54, 1.807) is 6.92 Å². The van der Waals surface area contributed by atoms with Crippen molar-refractivity contribution in [2.24, 2.45) is 0 Å². The highest BCUT2D eigenvalue weighted by Crippen LogP contribution is 2.13. The molecule has 1 aromatic carbocycles. The Hall–Kier alpha value is -2.97. The molecule has 1 aromatic rings. The monoisotopic (exact) mass is 378 g/mol. The molecule has 27 heavy (non-hydrogen) atoms. The minimum atomic E-state index is -0.890. The van der Waals surface area contributed by atoms with E-state index in [4.69, 9.17) is 0 Å². The number of non-ortho nitro benzene ring substituents is 1. The van der Waals surface area contributed by atoms with Crippen LogP contribution in [0.3, 0.4) is 0 Å². The third-order valence-electron chi connectivity index (χ3n) is 3.58. The van der Waals surface area contributed by atoms with E-state index in [0.717, 1.165) is 6.07 Å². The molecular formula is C18H26N4O5. The maximum atomic E-state index is 12.5. The van der Waals surface area contributed by atoms with Crippen molar-refractivity contribution >= 4 is 23.4 Å². The van der Waals surface area contributed by atoms with Gasteiger partial charge in [-0.05, 0) is 40.7 Å². The summed E-state index contributed by atoms with van der Waals surface area (Å²) in [6.07, 6.45) is 0. The van der Waals surface area contributed by atoms with Crippen LogP contribution in [0.4, 0.5) is 5.69 Å². The van der Waals surface area contributed by atoms with Gasteiger partial charge in [0, 0.05) is 29.8 Å². The Kier molecular flexibility index (Phi) is 7.45. The molecule has 0 aliphatic carbocycles. The molecule has 0 saturated heterocycles. The Morgan fingerprint density at radius 1 is 1.26 bits per heavy atom. The van der Waals surface area contributed by atoms with Gasteiger partial charge in [-0.15, -0.1) is 0 Å². The maximum Gasteiger partial charge on any atom is 0.270 e. The van der Waals surface area contributed by atoms with Crippen LogP contribution < -0.4 is 10.6 Å². The molecule has 0 aromatic heterocycles. The Bertz CT molecular complexity index is 727. The quantitative estimate of drug-likeness (QED) is 0.550. The Morgan fingerprint density at radius 3 is 2.41 bits per heavy atom. The number of hydrogen-bond acceptors (Lipinski definition) is 5. The third kappa shape index (κ3) is 7.04. The SMILES string of the molecule is CCN(CC(=O)NC(C)(C)C)C(=O)C(C)NC(=O)c1cccc([N+](=O)[O-])c1. The standard InChI is InChI=1S/C18H26N4O5/c1-6-21(11-15(23)20-18(3,4)5)17(25)12(2)19-16(24)13-8-7-9-14(10-13)22(26)27/h7-10,12H,6,11H2,1-5H3,(H,19,24)(H,20,23). The zero-order valence-electron chi connectivity index (χ0n) is 16.2. The second kappa shape index (κ2) is 9.11. The number of carbonyl (C=O) groups is 3. The maximum absolute atomic E-state index is 12.5. The van der Waals surface area contributed by atoms with Crippen LogP contribution in [-0.2, 0) is 9.59 Å². The average Bonchev–Trinajstić information content (AvgIpc) is 2.57. The highest BCUT2D eigenvalue weighted by molar-refractivity contribution is 5.98. The third-order valence-corrected chi connectivity index (χ3v) is 3.58. The molecule has 0 bridgehead atoms. The van der Waals surface area contributed by atoms with E-state index in [9.17, 15) is 24.5 Å². The van der Waals surface area contributed by atoms with Gasteiger partial charge in [-0.3, -0.25) is 24.5 Å². The van der Waals surface area contributed by atoms with Gasteiger partial charge in [0.05, 0.1) is 11.5 Å². The Labute approximate surface area is 158 Å². The van der Waals surface area contributed by atoms with Crippen LogP contribution in [0.25, 0.3) is 0 Å². The van der Waals surface area contributed by atoms with Gasteiger partial charge in [0.15, 0.2) is 0 Å². The lowest BCUT2D eigenvalue weighted by Crippen LogP contribution is -2.51. The second-order valence-electron chi connectivity index (χ2n) is 7.15. The van der Waals surface area contributed by atoms with Crippen LogP contribution in [0.1, 0.15) is 45.0 Å². The molecule has 1 rings (SSSR count). The minimum Gasteiger partial charge on any atom is -0.350 e.